The third-order valence-corrected chi connectivity index (χ3v) is 10.8. The maximum absolute atomic E-state index is 6.35. The molecule has 8 aromatic rings. The molecule has 6 heteroatoms. The lowest BCUT2D eigenvalue weighted by atomic mass is 9.78. The SMILES string of the molecule is CC1(C)OB(c2ccc(-c3cc4c(sc5ccc6ccccc6c54)c4nc5c6ccccc6ccc5n34)cc2)OC1(C)C. The lowest BCUT2D eigenvalue weighted by molar-refractivity contribution is 0.00578. The predicted octanol–water partition coefficient (Wildman–Crippen LogP) is 9.13. The minimum atomic E-state index is -0.394. The van der Waals surface area contributed by atoms with E-state index >= 15 is 0 Å². The van der Waals surface area contributed by atoms with E-state index in [0.717, 1.165) is 33.4 Å². The molecule has 0 bridgehead atoms. The van der Waals surface area contributed by atoms with Crippen molar-refractivity contribution < 1.29 is 9.31 Å². The van der Waals surface area contributed by atoms with Gasteiger partial charge in [0.05, 0.1) is 32.6 Å². The highest BCUT2D eigenvalue weighted by Gasteiger charge is 2.51. The molecule has 1 saturated heterocycles. The minimum absolute atomic E-state index is 0.380. The van der Waals surface area contributed by atoms with E-state index in [9.17, 15) is 0 Å². The fourth-order valence-corrected chi connectivity index (χ4v) is 7.79. The number of rotatable bonds is 2. The number of thiophene rings is 1. The van der Waals surface area contributed by atoms with Gasteiger partial charge in [0, 0.05) is 20.9 Å². The predicted molar refractivity (Wildman–Crippen MR) is 182 cm³/mol. The standard InChI is InChI=1S/C37H29BN2O2S/c1-36(2)37(3,4)42-38(41-36)25-17-13-24(14-18-25)30-21-28-32-26-11-7-5-9-22(26)16-20-31(32)43-34(28)35-39-33-27-12-8-6-10-23(27)15-19-29(33)40(30)35/h5-21H,1-4H3. The summed E-state index contributed by atoms with van der Waals surface area (Å²) in [5, 5.41) is 7.44. The Kier molecular flexibility index (Phi) is 5.10. The van der Waals surface area contributed by atoms with Gasteiger partial charge in [-0.3, -0.25) is 4.40 Å². The molecule has 3 aromatic heterocycles. The van der Waals surface area contributed by atoms with Crippen molar-refractivity contribution in [2.45, 2.75) is 38.9 Å². The van der Waals surface area contributed by atoms with Crippen LogP contribution in [0.4, 0.5) is 0 Å². The molecule has 1 aliphatic rings. The van der Waals surface area contributed by atoms with Crippen LogP contribution in [-0.2, 0) is 9.31 Å². The van der Waals surface area contributed by atoms with Crippen molar-refractivity contribution in [1.82, 2.24) is 9.38 Å². The Balaban J connectivity index is 1.34. The summed E-state index contributed by atoms with van der Waals surface area (Å²) in [5.74, 6) is 0. The summed E-state index contributed by atoms with van der Waals surface area (Å²) in [5.41, 5.74) is 5.65. The first-order chi connectivity index (χ1) is 20.8. The summed E-state index contributed by atoms with van der Waals surface area (Å²) < 4.78 is 17.5. The molecule has 0 amide bonds. The first kappa shape index (κ1) is 25.3. The number of fused-ring (bicyclic) bond motifs is 11. The van der Waals surface area contributed by atoms with Crippen LogP contribution in [0.3, 0.4) is 0 Å². The zero-order chi connectivity index (χ0) is 29.1. The molecule has 208 valence electrons. The van der Waals surface area contributed by atoms with Crippen molar-refractivity contribution in [3.8, 4) is 11.3 Å². The Labute approximate surface area is 253 Å². The third kappa shape index (κ3) is 3.55. The number of aromatic nitrogens is 2. The Morgan fingerprint density at radius 2 is 1.35 bits per heavy atom. The van der Waals surface area contributed by atoms with Crippen LogP contribution >= 0.6 is 11.3 Å². The molecular weight excluding hydrogens is 547 g/mol. The van der Waals surface area contributed by atoms with Crippen LogP contribution in [0.1, 0.15) is 27.7 Å². The normalized spacial score (nSPS) is 16.5. The molecule has 4 nitrogen and oxygen atoms in total. The fourth-order valence-electron chi connectivity index (χ4n) is 6.61. The summed E-state index contributed by atoms with van der Waals surface area (Å²) >= 11 is 1.83. The van der Waals surface area contributed by atoms with E-state index in [4.69, 9.17) is 14.3 Å². The molecule has 43 heavy (non-hydrogen) atoms. The van der Waals surface area contributed by atoms with Crippen LogP contribution in [0.2, 0.25) is 0 Å². The van der Waals surface area contributed by atoms with Gasteiger partial charge in [-0.25, -0.2) is 4.98 Å². The summed E-state index contributed by atoms with van der Waals surface area (Å²) in [6.07, 6.45) is 0. The number of nitrogens with zero attached hydrogens (tertiary/aromatic N) is 2. The zero-order valence-electron chi connectivity index (χ0n) is 24.5. The molecular formula is C37H29BN2O2S. The van der Waals surface area contributed by atoms with E-state index in [2.05, 4.69) is 135 Å². The Morgan fingerprint density at radius 1 is 0.698 bits per heavy atom. The average Bonchev–Trinajstić information content (AvgIpc) is 3.65. The van der Waals surface area contributed by atoms with Gasteiger partial charge in [-0.1, -0.05) is 84.9 Å². The van der Waals surface area contributed by atoms with Crippen molar-refractivity contribution in [1.29, 1.82) is 0 Å². The van der Waals surface area contributed by atoms with E-state index in [-0.39, 0.29) is 11.2 Å². The molecule has 0 radical (unpaired) electrons. The van der Waals surface area contributed by atoms with Crippen LogP contribution in [0.15, 0.2) is 103 Å². The van der Waals surface area contributed by atoms with Gasteiger partial charge in [0.2, 0.25) is 0 Å². The number of hydrogen-bond acceptors (Lipinski definition) is 4. The Morgan fingerprint density at radius 3 is 2.09 bits per heavy atom. The highest BCUT2D eigenvalue weighted by Crippen LogP contribution is 2.44. The molecule has 1 fully saturated rings. The second-order valence-corrected chi connectivity index (χ2v) is 13.7. The number of pyridine rings is 1. The van der Waals surface area contributed by atoms with E-state index in [1.165, 1.54) is 41.7 Å². The summed E-state index contributed by atoms with van der Waals surface area (Å²) in [6, 6.07) is 37.2. The highest BCUT2D eigenvalue weighted by molar-refractivity contribution is 7.26. The van der Waals surface area contributed by atoms with Gasteiger partial charge in [-0.15, -0.1) is 11.3 Å². The monoisotopic (exact) mass is 576 g/mol. The van der Waals surface area contributed by atoms with Crippen LogP contribution in [0.25, 0.3) is 69.7 Å². The smallest absolute Gasteiger partial charge is 0.399 e. The molecule has 0 spiro atoms. The van der Waals surface area contributed by atoms with Crippen LogP contribution in [0, 0.1) is 0 Å². The van der Waals surface area contributed by atoms with Crippen molar-refractivity contribution in [2.24, 2.45) is 0 Å². The molecule has 0 unspecified atom stereocenters. The number of hydrogen-bond donors (Lipinski definition) is 0. The van der Waals surface area contributed by atoms with E-state index in [1.807, 2.05) is 11.3 Å². The average molecular weight is 577 g/mol. The van der Waals surface area contributed by atoms with Gasteiger partial charge in [0.25, 0.3) is 0 Å². The molecule has 5 aromatic carbocycles. The Hall–Kier alpha value is -4.23. The van der Waals surface area contributed by atoms with Gasteiger partial charge < -0.3 is 9.31 Å². The molecule has 9 rings (SSSR count). The van der Waals surface area contributed by atoms with Gasteiger partial charge in [0.15, 0.2) is 5.65 Å². The van der Waals surface area contributed by atoms with E-state index in [1.54, 1.807) is 0 Å². The molecule has 4 heterocycles. The minimum Gasteiger partial charge on any atom is -0.399 e. The van der Waals surface area contributed by atoms with Crippen molar-refractivity contribution in [3.05, 3.63) is 103 Å². The molecule has 1 aliphatic heterocycles. The first-order valence-electron chi connectivity index (χ1n) is 14.8. The van der Waals surface area contributed by atoms with E-state index < -0.39 is 7.12 Å². The summed E-state index contributed by atoms with van der Waals surface area (Å²) in [4.78, 5) is 5.38. The quantitative estimate of drug-likeness (QED) is 0.193. The van der Waals surface area contributed by atoms with Gasteiger partial charge in [0.1, 0.15) is 0 Å². The third-order valence-electron chi connectivity index (χ3n) is 9.62. The highest BCUT2D eigenvalue weighted by atomic mass is 32.1. The maximum Gasteiger partial charge on any atom is 0.494 e. The lowest BCUT2D eigenvalue weighted by Gasteiger charge is -2.32. The Bertz CT molecular complexity index is 2400. The van der Waals surface area contributed by atoms with Crippen molar-refractivity contribution in [2.75, 3.05) is 0 Å². The largest absolute Gasteiger partial charge is 0.494 e. The van der Waals surface area contributed by atoms with Crippen LogP contribution in [-0.4, -0.2) is 27.7 Å². The molecule has 0 N–H and O–H groups in total. The maximum atomic E-state index is 6.35. The summed E-state index contributed by atoms with van der Waals surface area (Å²) in [7, 11) is -0.394. The van der Waals surface area contributed by atoms with Gasteiger partial charge in [-0.2, -0.15) is 0 Å². The summed E-state index contributed by atoms with van der Waals surface area (Å²) in [6.45, 7) is 8.37. The van der Waals surface area contributed by atoms with Crippen LogP contribution < -0.4 is 5.46 Å². The van der Waals surface area contributed by atoms with Crippen LogP contribution in [0.5, 0.6) is 0 Å². The zero-order valence-corrected chi connectivity index (χ0v) is 25.3. The van der Waals surface area contributed by atoms with Crippen molar-refractivity contribution in [3.63, 3.8) is 0 Å². The van der Waals surface area contributed by atoms with Gasteiger partial charge >= 0.3 is 7.12 Å². The van der Waals surface area contributed by atoms with Gasteiger partial charge in [-0.05, 0) is 73.1 Å². The second kappa shape index (κ2) is 8.67. The molecule has 0 aliphatic carbocycles. The molecule has 0 atom stereocenters. The van der Waals surface area contributed by atoms with Crippen molar-refractivity contribution >= 4 is 82.3 Å². The topological polar surface area (TPSA) is 35.8 Å². The fraction of sp³-hybridized carbons (Fsp3) is 0.162. The van der Waals surface area contributed by atoms with E-state index in [0.29, 0.717) is 0 Å². The molecule has 0 saturated carbocycles. The first-order valence-corrected chi connectivity index (χ1v) is 15.6. The lowest BCUT2D eigenvalue weighted by Crippen LogP contribution is -2.41. The number of benzene rings is 5. The number of imidazole rings is 1. The second-order valence-electron chi connectivity index (χ2n) is 12.7.